The highest BCUT2D eigenvalue weighted by molar-refractivity contribution is 5.91. The highest BCUT2D eigenvalue weighted by atomic mass is 16.5. The topological polar surface area (TPSA) is 95.9 Å². The van der Waals surface area contributed by atoms with E-state index in [1.165, 1.54) is 18.9 Å². The second kappa shape index (κ2) is 11.6. The molecule has 1 aromatic carbocycles. The molecule has 0 aliphatic rings. The van der Waals surface area contributed by atoms with E-state index in [4.69, 9.17) is 4.74 Å². The van der Waals surface area contributed by atoms with Crippen LogP contribution in [0.2, 0.25) is 0 Å². The summed E-state index contributed by atoms with van der Waals surface area (Å²) in [5, 5.41) is 12.2. The van der Waals surface area contributed by atoms with E-state index in [1.54, 1.807) is 13.1 Å². The number of rotatable bonds is 10. The second-order valence-corrected chi connectivity index (χ2v) is 10.8. The van der Waals surface area contributed by atoms with Crippen molar-refractivity contribution >= 4 is 17.8 Å². The van der Waals surface area contributed by atoms with Crippen molar-refractivity contribution in [2.45, 2.75) is 79.0 Å². The maximum Gasteiger partial charge on any atom is 0.331 e. The summed E-state index contributed by atoms with van der Waals surface area (Å²) < 4.78 is 5.64. The molecule has 0 bridgehead atoms. The Morgan fingerprint density at radius 1 is 1.06 bits per heavy atom. The van der Waals surface area contributed by atoms with Crippen molar-refractivity contribution in [3.63, 3.8) is 0 Å². The molecule has 7 nitrogen and oxygen atoms in total. The van der Waals surface area contributed by atoms with Crippen molar-refractivity contribution in [2.24, 2.45) is 11.3 Å². The molecule has 0 aliphatic carbocycles. The van der Waals surface area contributed by atoms with Crippen LogP contribution in [0.25, 0.3) is 0 Å². The van der Waals surface area contributed by atoms with Gasteiger partial charge in [-0.15, -0.1) is 0 Å². The lowest BCUT2D eigenvalue weighted by molar-refractivity contribution is -0.144. The first-order valence-electron chi connectivity index (χ1n) is 11.6. The van der Waals surface area contributed by atoms with Crippen LogP contribution in [-0.4, -0.2) is 60.1 Å². The van der Waals surface area contributed by atoms with Gasteiger partial charge in [0.25, 0.3) is 5.91 Å². The van der Waals surface area contributed by atoms with Crippen molar-refractivity contribution in [3.05, 3.63) is 47.5 Å². The van der Waals surface area contributed by atoms with Gasteiger partial charge in [0, 0.05) is 25.1 Å². The predicted octanol–water partition coefficient (Wildman–Crippen LogP) is 4.02. The standard InChI is InChI=1S/C27H42N2O5/c1-17(2)20(16-18(3)25(32)33)29(9)24(31)21(26(4,5)6)28-23(30)22(34-10)27(7,8)19-14-12-11-13-15-19/h11-17,20-22H,1-10H3,(H,28,30)(H,32,33)/b18-16+/t20-,21-,22+/m1/s1. The summed E-state index contributed by atoms with van der Waals surface area (Å²) in [7, 11) is 3.13. The summed E-state index contributed by atoms with van der Waals surface area (Å²) in [4.78, 5) is 40.0. The lowest BCUT2D eigenvalue weighted by Crippen LogP contribution is -2.59. The Bertz CT molecular complexity index is 884. The minimum absolute atomic E-state index is 0.0247. The molecule has 0 unspecified atom stereocenters. The van der Waals surface area contributed by atoms with Crippen molar-refractivity contribution in [2.75, 3.05) is 14.2 Å². The van der Waals surface area contributed by atoms with Gasteiger partial charge in [0.2, 0.25) is 5.91 Å². The summed E-state index contributed by atoms with van der Waals surface area (Å²) >= 11 is 0. The SMILES string of the molecule is CO[C@@H](C(=O)N[C@H](C(=O)N(C)[C@H](/C=C(\C)C(=O)O)C(C)C)C(C)(C)C)C(C)(C)c1ccccc1. The van der Waals surface area contributed by atoms with Gasteiger partial charge < -0.3 is 20.1 Å². The van der Waals surface area contributed by atoms with Crippen molar-refractivity contribution in [3.8, 4) is 0 Å². The average molecular weight is 475 g/mol. The molecule has 0 saturated carbocycles. The van der Waals surface area contributed by atoms with Gasteiger partial charge in [-0.25, -0.2) is 4.79 Å². The number of carboxylic acids is 1. The fraction of sp³-hybridized carbons (Fsp3) is 0.593. The van der Waals surface area contributed by atoms with Gasteiger partial charge in [-0.3, -0.25) is 9.59 Å². The molecule has 0 fully saturated rings. The number of carbonyl (C=O) groups is 3. The van der Waals surface area contributed by atoms with E-state index in [2.05, 4.69) is 5.32 Å². The number of likely N-dealkylation sites (N-methyl/N-ethyl adjacent to an activating group) is 1. The minimum Gasteiger partial charge on any atom is -0.478 e. The van der Waals surface area contributed by atoms with Crippen molar-refractivity contribution in [1.82, 2.24) is 10.2 Å². The van der Waals surface area contributed by atoms with Crippen LogP contribution in [0.15, 0.2) is 42.0 Å². The highest BCUT2D eigenvalue weighted by Crippen LogP contribution is 2.30. The molecule has 0 aromatic heterocycles. The van der Waals surface area contributed by atoms with Gasteiger partial charge in [0.1, 0.15) is 12.1 Å². The van der Waals surface area contributed by atoms with Crippen LogP contribution in [0.4, 0.5) is 0 Å². The number of ether oxygens (including phenoxy) is 1. The third kappa shape index (κ3) is 7.16. The monoisotopic (exact) mass is 474 g/mol. The minimum atomic E-state index is -1.03. The third-order valence-corrected chi connectivity index (χ3v) is 6.28. The molecule has 0 saturated heterocycles. The van der Waals surface area contributed by atoms with Crippen LogP contribution >= 0.6 is 0 Å². The van der Waals surface area contributed by atoms with Crippen molar-refractivity contribution in [1.29, 1.82) is 0 Å². The summed E-state index contributed by atoms with van der Waals surface area (Å²) in [6.45, 7) is 14.9. The fourth-order valence-corrected chi connectivity index (χ4v) is 4.04. The molecule has 1 rings (SSSR count). The van der Waals surface area contributed by atoms with Crippen LogP contribution in [0.5, 0.6) is 0 Å². The number of aliphatic carboxylic acids is 1. The van der Waals surface area contributed by atoms with Gasteiger partial charge >= 0.3 is 5.97 Å². The Labute approximate surface area is 204 Å². The van der Waals surface area contributed by atoms with Gasteiger partial charge in [0.15, 0.2) is 0 Å². The molecule has 2 amide bonds. The third-order valence-electron chi connectivity index (χ3n) is 6.28. The van der Waals surface area contributed by atoms with Gasteiger partial charge in [-0.1, -0.05) is 84.9 Å². The maximum atomic E-state index is 13.6. The van der Waals surface area contributed by atoms with Crippen LogP contribution in [-0.2, 0) is 24.5 Å². The summed E-state index contributed by atoms with van der Waals surface area (Å²) in [6, 6.07) is 8.36. The summed E-state index contributed by atoms with van der Waals surface area (Å²) in [6.07, 6.45) is 0.760. The Morgan fingerprint density at radius 3 is 2.00 bits per heavy atom. The largest absolute Gasteiger partial charge is 0.478 e. The van der Waals surface area contributed by atoms with E-state index < -0.39 is 35.0 Å². The first-order chi connectivity index (χ1) is 15.5. The molecule has 0 radical (unpaired) electrons. The summed E-state index contributed by atoms with van der Waals surface area (Å²) in [5.41, 5.74) is -0.122. The number of carboxylic acid groups (broad SMARTS) is 1. The summed E-state index contributed by atoms with van der Waals surface area (Å²) in [5.74, 6) is -1.72. The van der Waals surface area contributed by atoms with Gasteiger partial charge in [-0.2, -0.15) is 0 Å². The zero-order valence-electron chi connectivity index (χ0n) is 22.3. The van der Waals surface area contributed by atoms with Gasteiger partial charge in [-0.05, 0) is 23.8 Å². The van der Waals surface area contributed by atoms with Crippen LogP contribution < -0.4 is 5.32 Å². The molecular weight excluding hydrogens is 432 g/mol. The van der Waals surface area contributed by atoms with E-state index in [9.17, 15) is 19.5 Å². The normalized spacial score (nSPS) is 15.4. The Hall–Kier alpha value is -2.67. The number of hydrogen-bond donors (Lipinski definition) is 2. The van der Waals surface area contributed by atoms with E-state index in [0.717, 1.165) is 5.56 Å². The lowest BCUT2D eigenvalue weighted by Gasteiger charge is -2.39. The lowest BCUT2D eigenvalue weighted by atomic mass is 9.78. The molecule has 34 heavy (non-hydrogen) atoms. The van der Waals surface area contributed by atoms with E-state index in [1.807, 2.05) is 78.8 Å². The molecule has 0 heterocycles. The molecule has 190 valence electrons. The van der Waals surface area contributed by atoms with Crippen molar-refractivity contribution < 1.29 is 24.2 Å². The number of amides is 2. The Kier molecular flexibility index (Phi) is 10.1. The molecule has 2 N–H and O–H groups in total. The number of carbonyl (C=O) groups excluding carboxylic acids is 2. The number of nitrogens with zero attached hydrogens (tertiary/aromatic N) is 1. The number of hydrogen-bond acceptors (Lipinski definition) is 4. The smallest absolute Gasteiger partial charge is 0.331 e. The Morgan fingerprint density at radius 2 is 1.59 bits per heavy atom. The van der Waals surface area contributed by atoms with Gasteiger partial charge in [0.05, 0.1) is 6.04 Å². The van der Waals surface area contributed by atoms with E-state index in [-0.39, 0.29) is 23.3 Å². The van der Waals surface area contributed by atoms with Crippen LogP contribution in [0.1, 0.15) is 61.0 Å². The zero-order valence-corrected chi connectivity index (χ0v) is 22.3. The molecule has 0 aliphatic heterocycles. The maximum absolute atomic E-state index is 13.6. The number of nitrogens with one attached hydrogen (secondary N) is 1. The van der Waals surface area contributed by atoms with E-state index >= 15 is 0 Å². The first kappa shape index (κ1) is 29.4. The average Bonchev–Trinajstić information content (AvgIpc) is 2.74. The highest BCUT2D eigenvalue weighted by Gasteiger charge is 2.42. The quantitative estimate of drug-likeness (QED) is 0.499. The predicted molar refractivity (Wildman–Crippen MR) is 134 cm³/mol. The number of benzene rings is 1. The number of methoxy groups -OCH3 is 1. The molecule has 0 spiro atoms. The molecule has 1 aromatic rings. The molecular formula is C27H42N2O5. The molecule has 7 heteroatoms. The fourth-order valence-electron chi connectivity index (χ4n) is 4.04. The first-order valence-corrected chi connectivity index (χ1v) is 11.6. The zero-order chi connectivity index (χ0) is 26.4. The van der Waals surface area contributed by atoms with Crippen LogP contribution in [0, 0.1) is 11.3 Å². The molecule has 3 atom stereocenters. The van der Waals surface area contributed by atoms with Crippen LogP contribution in [0.3, 0.4) is 0 Å². The Balaban J connectivity index is 3.29. The second-order valence-electron chi connectivity index (χ2n) is 10.8. The van der Waals surface area contributed by atoms with E-state index in [0.29, 0.717) is 0 Å².